The third-order valence-corrected chi connectivity index (χ3v) is 5.17. The number of carbonyl (C=O) groups excluding carboxylic acids is 1. The van der Waals surface area contributed by atoms with Crippen LogP contribution < -0.4 is 0 Å². The Balaban J connectivity index is 1.81. The van der Waals surface area contributed by atoms with Crippen molar-refractivity contribution in [3.63, 3.8) is 0 Å². The first-order valence-electron chi connectivity index (χ1n) is 10.4. The second kappa shape index (κ2) is 10.3. The van der Waals surface area contributed by atoms with Gasteiger partial charge < -0.3 is 9.80 Å². The standard InChI is InChI=1S/C23H29FN6O/c1-5-29(16-20-8-6-19(7-9-20)15-28(3)4)23(31)22(30-17(2)25-26-27-30)14-18-10-12-21(24)13-11-18/h6-13,22H,5,14-16H2,1-4H3. The molecule has 164 valence electrons. The van der Waals surface area contributed by atoms with Gasteiger partial charge in [0.05, 0.1) is 0 Å². The second-order valence-electron chi connectivity index (χ2n) is 7.92. The van der Waals surface area contributed by atoms with Gasteiger partial charge in [-0.05, 0) is 67.2 Å². The van der Waals surface area contributed by atoms with E-state index in [0.29, 0.717) is 25.3 Å². The first-order valence-corrected chi connectivity index (χ1v) is 10.4. The zero-order valence-corrected chi connectivity index (χ0v) is 18.5. The number of tetrazole rings is 1. The maximum atomic E-state index is 13.5. The summed E-state index contributed by atoms with van der Waals surface area (Å²) in [5, 5.41) is 11.7. The maximum Gasteiger partial charge on any atom is 0.248 e. The predicted octanol–water partition coefficient (Wildman–Crippen LogP) is 3.01. The van der Waals surface area contributed by atoms with Crippen LogP contribution in [0.2, 0.25) is 0 Å². The molecule has 1 atom stereocenters. The highest BCUT2D eigenvalue weighted by atomic mass is 19.1. The van der Waals surface area contributed by atoms with Gasteiger partial charge in [0.2, 0.25) is 5.91 Å². The lowest BCUT2D eigenvalue weighted by molar-refractivity contribution is -0.135. The van der Waals surface area contributed by atoms with E-state index in [4.69, 9.17) is 0 Å². The molecule has 7 nitrogen and oxygen atoms in total. The number of likely N-dealkylation sites (N-methyl/N-ethyl adjacent to an activating group) is 1. The molecule has 1 aromatic heterocycles. The van der Waals surface area contributed by atoms with E-state index in [1.165, 1.54) is 17.7 Å². The molecule has 0 fully saturated rings. The third-order valence-electron chi connectivity index (χ3n) is 5.17. The number of rotatable bonds is 9. The molecule has 3 aromatic rings. The molecule has 0 aliphatic carbocycles. The molecule has 1 amide bonds. The highest BCUT2D eigenvalue weighted by Gasteiger charge is 2.28. The average molecular weight is 425 g/mol. The van der Waals surface area contributed by atoms with Crippen LogP contribution in [0.1, 0.15) is 35.5 Å². The van der Waals surface area contributed by atoms with Crippen molar-refractivity contribution in [3.05, 3.63) is 76.9 Å². The molecule has 0 radical (unpaired) electrons. The Morgan fingerprint density at radius 1 is 1.00 bits per heavy atom. The van der Waals surface area contributed by atoms with E-state index in [0.717, 1.165) is 17.7 Å². The minimum Gasteiger partial charge on any atom is -0.337 e. The van der Waals surface area contributed by atoms with Crippen LogP contribution >= 0.6 is 0 Å². The lowest BCUT2D eigenvalue weighted by atomic mass is 10.0. The molecule has 0 bridgehead atoms. The van der Waals surface area contributed by atoms with Crippen LogP contribution in [0.4, 0.5) is 4.39 Å². The molecule has 0 spiro atoms. The molecule has 0 aliphatic heterocycles. The molecular formula is C23H29FN6O. The van der Waals surface area contributed by atoms with E-state index >= 15 is 0 Å². The third kappa shape index (κ3) is 5.95. The summed E-state index contributed by atoms with van der Waals surface area (Å²) < 4.78 is 14.9. The fourth-order valence-corrected chi connectivity index (χ4v) is 3.54. The minimum absolute atomic E-state index is 0.0698. The van der Waals surface area contributed by atoms with Crippen LogP contribution in [-0.2, 0) is 24.3 Å². The van der Waals surface area contributed by atoms with E-state index in [2.05, 4.69) is 44.7 Å². The number of carbonyl (C=O) groups is 1. The molecule has 0 saturated heterocycles. The van der Waals surface area contributed by atoms with Gasteiger partial charge in [0.15, 0.2) is 0 Å². The van der Waals surface area contributed by atoms with Crippen LogP contribution in [0.3, 0.4) is 0 Å². The van der Waals surface area contributed by atoms with Gasteiger partial charge in [-0.15, -0.1) is 5.10 Å². The van der Waals surface area contributed by atoms with Crippen molar-refractivity contribution in [1.29, 1.82) is 0 Å². The van der Waals surface area contributed by atoms with E-state index < -0.39 is 6.04 Å². The number of halogens is 1. The van der Waals surface area contributed by atoms with Crippen molar-refractivity contribution >= 4 is 5.91 Å². The summed E-state index contributed by atoms with van der Waals surface area (Å²) in [6, 6.07) is 13.9. The Bertz CT molecular complexity index is 984. The Kier molecular flexibility index (Phi) is 7.46. The molecule has 0 aliphatic rings. The monoisotopic (exact) mass is 424 g/mol. The highest BCUT2D eigenvalue weighted by Crippen LogP contribution is 2.20. The summed E-state index contributed by atoms with van der Waals surface area (Å²) in [6.45, 7) is 5.65. The molecule has 8 heteroatoms. The number of aromatic nitrogens is 4. The number of aryl methyl sites for hydroxylation is 1. The van der Waals surface area contributed by atoms with Crippen LogP contribution in [0.5, 0.6) is 0 Å². The van der Waals surface area contributed by atoms with E-state index in [1.54, 1.807) is 28.6 Å². The van der Waals surface area contributed by atoms with Gasteiger partial charge in [-0.25, -0.2) is 9.07 Å². The van der Waals surface area contributed by atoms with Crippen molar-refractivity contribution < 1.29 is 9.18 Å². The van der Waals surface area contributed by atoms with E-state index in [1.807, 2.05) is 21.0 Å². The van der Waals surface area contributed by atoms with Crippen molar-refractivity contribution in [2.75, 3.05) is 20.6 Å². The van der Waals surface area contributed by atoms with Gasteiger partial charge in [-0.3, -0.25) is 4.79 Å². The van der Waals surface area contributed by atoms with Crippen LogP contribution in [0.15, 0.2) is 48.5 Å². The summed E-state index contributed by atoms with van der Waals surface area (Å²) in [6.07, 6.45) is 0.378. The first kappa shape index (κ1) is 22.6. The molecule has 3 rings (SSSR count). The van der Waals surface area contributed by atoms with Crippen molar-refractivity contribution in [1.82, 2.24) is 30.0 Å². The minimum atomic E-state index is -0.603. The maximum absolute atomic E-state index is 13.5. The Labute approximate surface area is 182 Å². The van der Waals surface area contributed by atoms with Gasteiger partial charge in [-0.1, -0.05) is 36.4 Å². The van der Waals surface area contributed by atoms with E-state index in [-0.39, 0.29) is 11.7 Å². The van der Waals surface area contributed by atoms with Gasteiger partial charge >= 0.3 is 0 Å². The lowest BCUT2D eigenvalue weighted by Gasteiger charge is -2.27. The van der Waals surface area contributed by atoms with E-state index in [9.17, 15) is 9.18 Å². The van der Waals surface area contributed by atoms with Crippen molar-refractivity contribution in [2.24, 2.45) is 0 Å². The number of nitrogens with zero attached hydrogens (tertiary/aromatic N) is 6. The number of hydrogen-bond donors (Lipinski definition) is 0. The Hall–Kier alpha value is -3.13. The fraction of sp³-hybridized carbons (Fsp3) is 0.391. The fourth-order valence-electron chi connectivity index (χ4n) is 3.54. The largest absolute Gasteiger partial charge is 0.337 e. The summed E-state index contributed by atoms with van der Waals surface area (Å²) in [4.78, 5) is 17.5. The smallest absolute Gasteiger partial charge is 0.248 e. The van der Waals surface area contributed by atoms with Gasteiger partial charge in [0, 0.05) is 26.1 Å². The summed E-state index contributed by atoms with van der Waals surface area (Å²) >= 11 is 0. The number of hydrogen-bond acceptors (Lipinski definition) is 5. The molecule has 1 heterocycles. The van der Waals surface area contributed by atoms with Crippen LogP contribution in [-0.4, -0.2) is 56.6 Å². The number of benzene rings is 2. The van der Waals surface area contributed by atoms with Gasteiger partial charge in [0.25, 0.3) is 0 Å². The van der Waals surface area contributed by atoms with Gasteiger partial charge in [0.1, 0.15) is 17.7 Å². The molecule has 0 N–H and O–H groups in total. The number of amides is 1. The van der Waals surface area contributed by atoms with Gasteiger partial charge in [-0.2, -0.15) is 0 Å². The first-order chi connectivity index (χ1) is 14.9. The summed E-state index contributed by atoms with van der Waals surface area (Å²) in [5.41, 5.74) is 3.13. The molecular weight excluding hydrogens is 395 g/mol. The van der Waals surface area contributed by atoms with Crippen LogP contribution in [0, 0.1) is 12.7 Å². The Morgan fingerprint density at radius 3 is 2.10 bits per heavy atom. The summed E-state index contributed by atoms with van der Waals surface area (Å²) in [7, 11) is 4.07. The van der Waals surface area contributed by atoms with Crippen molar-refractivity contribution in [2.45, 2.75) is 39.4 Å². The highest BCUT2D eigenvalue weighted by molar-refractivity contribution is 5.80. The quantitative estimate of drug-likeness (QED) is 0.528. The predicted molar refractivity (Wildman–Crippen MR) is 117 cm³/mol. The molecule has 2 aromatic carbocycles. The normalized spacial score (nSPS) is 12.2. The molecule has 1 unspecified atom stereocenters. The topological polar surface area (TPSA) is 67.2 Å². The summed E-state index contributed by atoms with van der Waals surface area (Å²) in [5.74, 6) is 0.183. The molecule has 0 saturated carbocycles. The van der Waals surface area contributed by atoms with Crippen molar-refractivity contribution in [3.8, 4) is 0 Å². The SMILES string of the molecule is CCN(Cc1ccc(CN(C)C)cc1)C(=O)C(Cc1ccc(F)cc1)n1nnnc1C. The second-order valence-corrected chi connectivity index (χ2v) is 7.92. The molecule has 31 heavy (non-hydrogen) atoms. The Morgan fingerprint density at radius 2 is 1.58 bits per heavy atom. The van der Waals surface area contributed by atoms with Crippen LogP contribution in [0.25, 0.3) is 0 Å². The zero-order valence-electron chi connectivity index (χ0n) is 18.5. The zero-order chi connectivity index (χ0) is 22.4. The average Bonchev–Trinajstić information content (AvgIpc) is 3.17. The lowest BCUT2D eigenvalue weighted by Crippen LogP contribution is -2.38.